The summed E-state index contributed by atoms with van der Waals surface area (Å²) in [7, 11) is -4.14. The lowest BCUT2D eigenvalue weighted by molar-refractivity contribution is -0.140. The number of hydrogen-bond donors (Lipinski definition) is 1. The molecule has 0 spiro atoms. The van der Waals surface area contributed by atoms with E-state index in [-0.39, 0.29) is 29.7 Å². The average molecular weight is 691 g/mol. The van der Waals surface area contributed by atoms with Gasteiger partial charge in [-0.1, -0.05) is 108 Å². The third kappa shape index (κ3) is 9.28. The second-order valence-corrected chi connectivity index (χ2v) is 14.4. The summed E-state index contributed by atoms with van der Waals surface area (Å²) < 4.78 is 30.3. The molecule has 2 amide bonds. The fourth-order valence-electron chi connectivity index (χ4n) is 4.84. The van der Waals surface area contributed by atoms with Crippen molar-refractivity contribution in [1.82, 2.24) is 10.2 Å². The molecule has 7 nitrogen and oxygen atoms in total. The number of benzene rings is 4. The van der Waals surface area contributed by atoms with E-state index in [1.54, 1.807) is 36.4 Å². The third-order valence-corrected chi connectivity index (χ3v) is 9.75. The summed E-state index contributed by atoms with van der Waals surface area (Å²) >= 11 is 3.47. The van der Waals surface area contributed by atoms with Gasteiger partial charge in [0.05, 0.1) is 10.6 Å². The minimum Gasteiger partial charge on any atom is -0.354 e. The van der Waals surface area contributed by atoms with Crippen molar-refractivity contribution in [3.05, 3.63) is 130 Å². The number of hydrogen-bond acceptors (Lipinski definition) is 4. The van der Waals surface area contributed by atoms with Crippen LogP contribution in [0.2, 0.25) is 0 Å². The Morgan fingerprint density at radius 3 is 1.93 bits per heavy atom. The van der Waals surface area contributed by atoms with E-state index in [0.717, 1.165) is 31.0 Å². The molecule has 0 aliphatic heterocycles. The van der Waals surface area contributed by atoms with E-state index in [1.807, 2.05) is 94.4 Å². The smallest absolute Gasteiger partial charge is 0.264 e. The lowest BCUT2D eigenvalue weighted by Crippen LogP contribution is -2.53. The molecule has 4 aromatic carbocycles. The van der Waals surface area contributed by atoms with Crippen molar-refractivity contribution in [3.63, 3.8) is 0 Å². The van der Waals surface area contributed by atoms with Gasteiger partial charge in [-0.05, 0) is 67.3 Å². The second kappa shape index (κ2) is 15.4. The molecule has 0 unspecified atom stereocenters. The molecule has 0 heterocycles. The van der Waals surface area contributed by atoms with Crippen LogP contribution in [0.4, 0.5) is 5.69 Å². The Labute approximate surface area is 275 Å². The van der Waals surface area contributed by atoms with Gasteiger partial charge >= 0.3 is 0 Å². The molecule has 4 aromatic rings. The number of nitrogens with one attached hydrogen (secondary N) is 1. The van der Waals surface area contributed by atoms with E-state index in [9.17, 15) is 18.0 Å². The Hall–Kier alpha value is -3.95. The highest BCUT2D eigenvalue weighted by Crippen LogP contribution is 2.26. The molecule has 1 atom stereocenters. The van der Waals surface area contributed by atoms with Crippen LogP contribution in [0.5, 0.6) is 0 Å². The monoisotopic (exact) mass is 689 g/mol. The molecular weight excluding hydrogens is 650 g/mol. The van der Waals surface area contributed by atoms with Crippen LogP contribution < -0.4 is 9.62 Å². The van der Waals surface area contributed by atoms with Crippen LogP contribution in [-0.4, -0.2) is 44.3 Å². The van der Waals surface area contributed by atoms with Crippen LogP contribution in [0, 0.1) is 19.8 Å². The van der Waals surface area contributed by atoms with E-state index in [2.05, 4.69) is 21.2 Å². The van der Waals surface area contributed by atoms with Crippen LogP contribution in [0.3, 0.4) is 0 Å². The van der Waals surface area contributed by atoms with Crippen LogP contribution in [0.1, 0.15) is 36.1 Å². The quantitative estimate of drug-likeness (QED) is 0.170. The van der Waals surface area contributed by atoms with E-state index in [4.69, 9.17) is 0 Å². The molecule has 0 aliphatic rings. The summed E-state index contributed by atoms with van der Waals surface area (Å²) in [5.74, 6) is -0.574. The van der Waals surface area contributed by atoms with E-state index < -0.39 is 28.5 Å². The molecule has 0 radical (unpaired) electrons. The number of amides is 2. The third-order valence-electron chi connectivity index (χ3n) is 7.43. The molecule has 4 rings (SSSR count). The van der Waals surface area contributed by atoms with Gasteiger partial charge in [0.1, 0.15) is 12.6 Å². The first-order valence-electron chi connectivity index (χ1n) is 15.0. The summed E-state index contributed by atoms with van der Waals surface area (Å²) in [4.78, 5) is 29.9. The number of nitrogens with zero attached hydrogens (tertiary/aromatic N) is 2. The number of sulfonamides is 1. The first kappa shape index (κ1) is 33.9. The van der Waals surface area contributed by atoms with Crippen LogP contribution in [0.15, 0.2) is 112 Å². The van der Waals surface area contributed by atoms with Gasteiger partial charge in [-0.2, -0.15) is 0 Å². The van der Waals surface area contributed by atoms with Gasteiger partial charge in [-0.15, -0.1) is 0 Å². The Kier molecular flexibility index (Phi) is 11.6. The fourth-order valence-corrected chi connectivity index (χ4v) is 6.52. The molecule has 236 valence electrons. The Morgan fingerprint density at radius 1 is 0.778 bits per heavy atom. The molecule has 0 fully saturated rings. The maximum absolute atomic E-state index is 14.5. The van der Waals surface area contributed by atoms with E-state index in [0.29, 0.717) is 12.2 Å². The summed E-state index contributed by atoms with van der Waals surface area (Å²) in [6, 6.07) is 29.8. The molecule has 0 saturated heterocycles. The zero-order chi connectivity index (χ0) is 32.6. The first-order chi connectivity index (χ1) is 21.4. The summed E-state index contributed by atoms with van der Waals surface area (Å²) in [6.07, 6.45) is 0.266. The SMILES string of the molecule is Cc1ccc(N(CC(=O)N(Cc2ccc(Br)cc2)[C@H](Cc2ccccc2)C(=O)NCC(C)C)S(=O)(=O)c2ccc(C)cc2)cc1. The largest absolute Gasteiger partial charge is 0.354 e. The Balaban J connectivity index is 1.79. The van der Waals surface area contributed by atoms with Crippen molar-refractivity contribution in [2.75, 3.05) is 17.4 Å². The van der Waals surface area contributed by atoms with Crippen molar-refractivity contribution in [3.8, 4) is 0 Å². The number of carbonyl (C=O) groups is 2. The predicted octanol–water partition coefficient (Wildman–Crippen LogP) is 6.67. The predicted molar refractivity (Wildman–Crippen MR) is 183 cm³/mol. The number of anilines is 1. The highest BCUT2D eigenvalue weighted by molar-refractivity contribution is 9.10. The van der Waals surface area contributed by atoms with Crippen molar-refractivity contribution in [2.45, 2.75) is 51.6 Å². The van der Waals surface area contributed by atoms with E-state index >= 15 is 0 Å². The molecule has 9 heteroatoms. The highest BCUT2D eigenvalue weighted by Gasteiger charge is 2.34. The van der Waals surface area contributed by atoms with Gasteiger partial charge in [0, 0.05) is 24.0 Å². The summed E-state index contributed by atoms with van der Waals surface area (Å²) in [5.41, 5.74) is 3.94. The molecule has 0 aliphatic carbocycles. The number of aryl methyl sites for hydroxylation is 2. The minimum atomic E-state index is -4.14. The number of rotatable bonds is 13. The van der Waals surface area contributed by atoms with Gasteiger partial charge in [0.15, 0.2) is 0 Å². The first-order valence-corrected chi connectivity index (χ1v) is 17.2. The Bertz CT molecular complexity index is 1680. The van der Waals surface area contributed by atoms with Gasteiger partial charge < -0.3 is 10.2 Å². The second-order valence-electron chi connectivity index (χ2n) is 11.7. The van der Waals surface area contributed by atoms with Crippen LogP contribution in [0.25, 0.3) is 0 Å². The molecular formula is C36H40BrN3O4S. The maximum Gasteiger partial charge on any atom is 0.264 e. The van der Waals surface area contributed by atoms with Crippen molar-refractivity contribution < 1.29 is 18.0 Å². The zero-order valence-electron chi connectivity index (χ0n) is 26.1. The van der Waals surface area contributed by atoms with Gasteiger partial charge in [-0.25, -0.2) is 8.42 Å². The molecule has 0 aromatic heterocycles. The molecule has 45 heavy (non-hydrogen) atoms. The van der Waals surface area contributed by atoms with Crippen LogP contribution >= 0.6 is 15.9 Å². The average Bonchev–Trinajstić information content (AvgIpc) is 3.02. The van der Waals surface area contributed by atoms with Crippen LogP contribution in [-0.2, 0) is 32.6 Å². The standard InChI is InChI=1S/C36H40BrN3O4S/c1-26(2)23-38-36(42)34(22-29-8-6-5-7-9-29)39(24-30-14-16-31(37)17-15-30)35(41)25-40(32-18-10-27(3)11-19-32)45(43,44)33-20-12-28(4)13-21-33/h5-21,26,34H,22-25H2,1-4H3,(H,38,42)/t34-/m1/s1. The zero-order valence-corrected chi connectivity index (χ0v) is 28.5. The van der Waals surface area contributed by atoms with Gasteiger partial charge in [-0.3, -0.25) is 13.9 Å². The topological polar surface area (TPSA) is 86.8 Å². The number of carbonyl (C=O) groups excluding carboxylic acids is 2. The normalized spacial score (nSPS) is 12.0. The lowest BCUT2D eigenvalue weighted by atomic mass is 10.0. The molecule has 0 saturated carbocycles. The lowest BCUT2D eigenvalue weighted by Gasteiger charge is -2.34. The van der Waals surface area contributed by atoms with Gasteiger partial charge in [0.25, 0.3) is 10.0 Å². The van der Waals surface area contributed by atoms with Crippen molar-refractivity contribution >= 4 is 43.5 Å². The van der Waals surface area contributed by atoms with E-state index in [1.165, 1.54) is 4.90 Å². The minimum absolute atomic E-state index is 0.0800. The summed E-state index contributed by atoms with van der Waals surface area (Å²) in [5, 5.41) is 3.01. The van der Waals surface area contributed by atoms with Crippen molar-refractivity contribution in [2.24, 2.45) is 5.92 Å². The summed E-state index contributed by atoms with van der Waals surface area (Å²) in [6.45, 7) is 7.89. The fraction of sp³-hybridized carbons (Fsp3) is 0.278. The Morgan fingerprint density at radius 2 is 1.36 bits per heavy atom. The molecule has 1 N–H and O–H groups in total. The molecule has 0 bridgehead atoms. The highest BCUT2D eigenvalue weighted by atomic mass is 79.9. The van der Waals surface area contributed by atoms with Gasteiger partial charge in [0.2, 0.25) is 11.8 Å². The number of halogens is 1. The van der Waals surface area contributed by atoms with Crippen molar-refractivity contribution in [1.29, 1.82) is 0 Å². The maximum atomic E-state index is 14.5.